The number of fused-ring (bicyclic) bond motifs is 2. The van der Waals surface area contributed by atoms with Gasteiger partial charge in [0.05, 0.1) is 23.3 Å². The maximum atomic E-state index is 15.0. The second kappa shape index (κ2) is 35.2. The molecule has 4 aromatic carbocycles. The fourth-order valence-corrected chi connectivity index (χ4v) is 18.2. The van der Waals surface area contributed by atoms with Crippen LogP contribution in [-0.2, 0) is 28.5 Å². The van der Waals surface area contributed by atoms with Crippen LogP contribution in [0, 0.1) is 13.8 Å². The Bertz CT molecular complexity index is 4620. The zero-order chi connectivity index (χ0) is 78.3. The lowest BCUT2D eigenvalue weighted by Gasteiger charge is -2.42. The summed E-state index contributed by atoms with van der Waals surface area (Å²) in [4.78, 5) is 92.7. The van der Waals surface area contributed by atoms with Gasteiger partial charge in [0.15, 0.2) is 28.7 Å². The smallest absolute Gasteiger partial charge is 0.316 e. The third-order valence-electron chi connectivity index (χ3n) is 24.0. The van der Waals surface area contributed by atoms with Gasteiger partial charge in [0.2, 0.25) is 0 Å². The van der Waals surface area contributed by atoms with Crippen LogP contribution in [0.2, 0.25) is 0 Å². The lowest BCUT2D eigenvalue weighted by Crippen LogP contribution is -2.49. The molecule has 111 heavy (non-hydrogen) atoms. The molecule has 3 atom stereocenters. The molecule has 0 spiro atoms. The zero-order valence-electron chi connectivity index (χ0n) is 67.1. The van der Waals surface area contributed by atoms with Crippen molar-refractivity contribution in [3.63, 3.8) is 0 Å². The molecule has 2 aliphatic heterocycles. The van der Waals surface area contributed by atoms with E-state index in [1.165, 1.54) is 25.7 Å². The fourth-order valence-electron chi connectivity index (χ4n) is 17.5. The predicted molar refractivity (Wildman–Crippen MR) is 434 cm³/mol. The van der Waals surface area contributed by atoms with E-state index < -0.39 is 23.4 Å². The SMILES string of the molecule is Cc1ccc(Cc2cc(C(=O)N3CCCCC3)ccc2C(=O)N2CCCCC2)cc1C(=O)NC(C)c1nnc2cc(C(C)(C)C)[nH]n12.Cc1ccc(NS(=O)Oc2cc(C(=O)N(C3CCCCC3)C3CCCCC3)ccc2C(=O)N(C2CCCCC2)C2CCCCC2)cc1C(=O)NC(C)c1nnc2cc(C(C)(C)C)[nH]n12. The van der Waals surface area contributed by atoms with Gasteiger partial charge in [-0.1, -0.05) is 137 Å². The molecule has 594 valence electrons. The Morgan fingerprint density at radius 3 is 1.38 bits per heavy atom. The maximum absolute atomic E-state index is 15.0. The lowest BCUT2D eigenvalue weighted by atomic mass is 9.87. The van der Waals surface area contributed by atoms with E-state index in [9.17, 15) is 28.2 Å². The average molecular weight is 1530 g/mol. The fraction of sp³-hybridized carbons (Fsp3) is 0.563. The summed E-state index contributed by atoms with van der Waals surface area (Å²) < 4.78 is 27.0. The van der Waals surface area contributed by atoms with E-state index in [-0.39, 0.29) is 76.2 Å². The normalized spacial score (nSPS) is 18.2. The van der Waals surface area contributed by atoms with Crippen molar-refractivity contribution in [2.24, 2.45) is 0 Å². The van der Waals surface area contributed by atoms with Crippen LogP contribution >= 0.6 is 0 Å². The Morgan fingerprint density at radius 1 is 0.477 bits per heavy atom. The second-order valence-corrected chi connectivity index (χ2v) is 35.2. The van der Waals surface area contributed by atoms with Gasteiger partial charge in [-0.05, 0) is 201 Å². The van der Waals surface area contributed by atoms with Crippen molar-refractivity contribution in [2.75, 3.05) is 30.9 Å². The third kappa shape index (κ3) is 18.8. The number of carbonyl (C=O) groups is 6. The molecule has 4 saturated carbocycles. The molecule has 6 fully saturated rings. The van der Waals surface area contributed by atoms with Crippen LogP contribution in [0.25, 0.3) is 11.3 Å². The number of piperidine rings is 2. The molecule has 4 aliphatic carbocycles. The molecule has 2 saturated heterocycles. The number of rotatable bonds is 20. The molecule has 6 amide bonds. The monoisotopic (exact) mass is 1530 g/mol. The minimum absolute atomic E-state index is 0.00845. The Kier molecular flexibility index (Phi) is 25.4. The molecule has 6 aliphatic rings. The number of benzene rings is 4. The molecule has 8 aromatic rings. The van der Waals surface area contributed by atoms with Crippen LogP contribution in [0.15, 0.2) is 84.9 Å². The first-order chi connectivity index (χ1) is 53.3. The Hall–Kier alpha value is -9.19. The van der Waals surface area contributed by atoms with Gasteiger partial charge in [-0.2, -0.15) is 4.21 Å². The van der Waals surface area contributed by atoms with Crippen molar-refractivity contribution in [3.8, 4) is 5.75 Å². The molecule has 4 aromatic heterocycles. The van der Waals surface area contributed by atoms with Crippen molar-refractivity contribution >= 4 is 63.7 Å². The van der Waals surface area contributed by atoms with Crippen LogP contribution in [-0.4, -0.2) is 149 Å². The Labute approximate surface area is 657 Å². The number of likely N-dealkylation sites (tertiary alicyclic amines) is 2. The van der Waals surface area contributed by atoms with E-state index in [2.05, 4.69) is 97.3 Å². The number of carbonyl (C=O) groups excluding carboxylic acids is 6. The number of hydrogen-bond donors (Lipinski definition) is 5. The number of amides is 6. The van der Waals surface area contributed by atoms with Crippen LogP contribution in [0.1, 0.15) is 342 Å². The van der Waals surface area contributed by atoms with Gasteiger partial charge in [0.1, 0.15) is 0 Å². The van der Waals surface area contributed by atoms with Crippen LogP contribution in [0.5, 0.6) is 5.75 Å². The largest absolute Gasteiger partial charge is 0.384 e. The van der Waals surface area contributed by atoms with Crippen molar-refractivity contribution in [1.29, 1.82) is 0 Å². The van der Waals surface area contributed by atoms with Gasteiger partial charge in [-0.25, -0.2) is 9.03 Å². The summed E-state index contributed by atoms with van der Waals surface area (Å²) in [6.45, 7) is 23.3. The number of aryl methyl sites for hydroxylation is 2. The molecule has 0 radical (unpaired) electrons. The number of aromatic nitrogens is 8. The number of anilines is 1. The molecule has 5 N–H and O–H groups in total. The zero-order valence-corrected chi connectivity index (χ0v) is 67.9. The molecule has 6 heterocycles. The van der Waals surface area contributed by atoms with Crippen molar-refractivity contribution in [2.45, 2.75) is 290 Å². The molecule has 0 bridgehead atoms. The minimum atomic E-state index is -2.20. The van der Waals surface area contributed by atoms with E-state index in [0.717, 1.165) is 201 Å². The predicted octanol–water partition coefficient (Wildman–Crippen LogP) is 16.4. The quantitative estimate of drug-likeness (QED) is 0.0477. The minimum Gasteiger partial charge on any atom is -0.384 e. The van der Waals surface area contributed by atoms with E-state index in [4.69, 9.17) is 4.18 Å². The van der Waals surface area contributed by atoms with Gasteiger partial charge in [0.25, 0.3) is 35.4 Å². The highest BCUT2D eigenvalue weighted by Gasteiger charge is 2.38. The summed E-state index contributed by atoms with van der Waals surface area (Å²) in [5.74, 6) is 0.630. The van der Waals surface area contributed by atoms with Gasteiger partial charge in [0, 0.05) is 113 Å². The standard InChI is InChI=1S/C50H70N8O5S.C37H47N7O3/c1-33-26-28-36(31-42(33)47(59)51-34(2)46-53-52-45-32-44(50(3,4)5)54-58(45)46)55-64(62)63-43-30-35(48(60)56(37-18-10-6-11-19-37)38-20-12-7-13-21-38)27-29-41(43)49(61)57(39-22-14-8-15-23-39)40-24-16-9-17-25-40;1-24-12-13-26(21-30(24)34(45)38-25(2)33-40-39-32-23-31(37(3,4)5)41-44(32)33)20-28-22-27(35(46)42-16-8-6-9-17-42)14-15-29(28)36(47)43-18-10-7-11-19-43/h26-32,34,37-40,54-55H,6-25H2,1-5H3,(H,51,59);12-15,21-23,25,41H,6-11,16-20H2,1-5H3,(H,38,45). The van der Waals surface area contributed by atoms with Crippen molar-refractivity contribution < 1.29 is 37.2 Å². The summed E-state index contributed by atoms with van der Waals surface area (Å²) in [6.07, 6.45) is 28.2. The molecular formula is C87H117N15O8S. The number of nitrogens with one attached hydrogen (secondary N) is 5. The van der Waals surface area contributed by atoms with Crippen LogP contribution < -0.4 is 19.5 Å². The lowest BCUT2D eigenvalue weighted by molar-refractivity contribution is 0.0435. The van der Waals surface area contributed by atoms with E-state index in [1.807, 2.05) is 90.5 Å². The molecular weight excluding hydrogens is 1420 g/mol. The first kappa shape index (κ1) is 79.9. The summed E-state index contributed by atoms with van der Waals surface area (Å²) in [5.41, 5.74) is 9.84. The van der Waals surface area contributed by atoms with Gasteiger partial charge >= 0.3 is 11.3 Å². The number of H-pyrrole nitrogens is 2. The van der Waals surface area contributed by atoms with Gasteiger partial charge < -0.3 is 34.4 Å². The first-order valence-electron chi connectivity index (χ1n) is 41.4. The van der Waals surface area contributed by atoms with Crippen molar-refractivity contribution in [1.82, 2.24) is 69.9 Å². The van der Waals surface area contributed by atoms with Crippen LogP contribution in [0.3, 0.4) is 0 Å². The number of nitrogens with zero attached hydrogens (tertiary/aromatic N) is 10. The van der Waals surface area contributed by atoms with E-state index >= 15 is 4.79 Å². The number of hydrogen-bond acceptors (Lipinski definition) is 12. The molecule has 14 rings (SSSR count). The maximum Gasteiger partial charge on any atom is 0.316 e. The highest BCUT2D eigenvalue weighted by molar-refractivity contribution is 7.82. The van der Waals surface area contributed by atoms with Gasteiger partial charge in [-0.3, -0.25) is 43.7 Å². The van der Waals surface area contributed by atoms with E-state index in [0.29, 0.717) is 68.4 Å². The van der Waals surface area contributed by atoms with Gasteiger partial charge in [-0.15, -0.1) is 20.4 Å². The molecule has 23 nitrogen and oxygen atoms in total. The second-order valence-electron chi connectivity index (χ2n) is 34.4. The van der Waals surface area contributed by atoms with E-state index in [1.54, 1.807) is 40.9 Å². The summed E-state index contributed by atoms with van der Waals surface area (Å²) in [6, 6.07) is 25.5. The highest BCUT2D eigenvalue weighted by Crippen LogP contribution is 2.38. The molecule has 24 heteroatoms. The summed E-state index contributed by atoms with van der Waals surface area (Å²) in [5, 5.41) is 30.2. The topological polar surface area (TPSA) is 270 Å². The highest BCUT2D eigenvalue weighted by atomic mass is 32.2. The third-order valence-corrected chi connectivity index (χ3v) is 24.7. The Morgan fingerprint density at radius 2 is 0.901 bits per heavy atom. The average Bonchev–Trinajstić information content (AvgIpc) is 1.60. The number of aromatic amines is 2. The summed E-state index contributed by atoms with van der Waals surface area (Å²) in [7, 11) is 0. The van der Waals surface area contributed by atoms with Crippen LogP contribution in [0.4, 0.5) is 5.69 Å². The Balaban J connectivity index is 0.000000204. The summed E-state index contributed by atoms with van der Waals surface area (Å²) >= 11 is -2.20. The molecule has 3 unspecified atom stereocenters. The first-order valence-corrected chi connectivity index (χ1v) is 42.5. The van der Waals surface area contributed by atoms with Crippen molar-refractivity contribution in [3.05, 3.63) is 164 Å².